The lowest BCUT2D eigenvalue weighted by Gasteiger charge is -2.26. The molecular formula is C10H15ClN2O4S2. The molecule has 1 N–H and O–H groups in total. The Bertz CT molecular complexity index is 537. The van der Waals surface area contributed by atoms with Gasteiger partial charge in [0.05, 0.1) is 7.11 Å². The maximum Gasteiger partial charge on any atom is 0.349 e. The van der Waals surface area contributed by atoms with Gasteiger partial charge in [-0.2, -0.15) is 4.31 Å². The van der Waals surface area contributed by atoms with Crippen molar-refractivity contribution in [1.29, 1.82) is 0 Å². The van der Waals surface area contributed by atoms with Crippen LogP contribution in [0.2, 0.25) is 0 Å². The maximum absolute atomic E-state index is 12.4. The quantitative estimate of drug-likeness (QED) is 0.821. The van der Waals surface area contributed by atoms with E-state index in [0.29, 0.717) is 26.2 Å². The van der Waals surface area contributed by atoms with E-state index >= 15 is 0 Å². The third-order valence-corrected chi connectivity index (χ3v) is 5.66. The van der Waals surface area contributed by atoms with Gasteiger partial charge in [-0.05, 0) is 11.4 Å². The van der Waals surface area contributed by atoms with E-state index in [1.165, 1.54) is 17.5 Å². The molecule has 0 amide bonds. The molecule has 0 spiro atoms. The molecule has 1 aliphatic rings. The monoisotopic (exact) mass is 326 g/mol. The minimum Gasteiger partial charge on any atom is -0.465 e. The number of nitrogens with zero attached hydrogens (tertiary/aromatic N) is 1. The number of nitrogens with one attached hydrogen (secondary N) is 1. The Labute approximate surface area is 122 Å². The average molecular weight is 327 g/mol. The predicted octanol–water partition coefficient (Wildman–Crippen LogP) is 0.550. The van der Waals surface area contributed by atoms with E-state index in [-0.39, 0.29) is 22.2 Å². The summed E-state index contributed by atoms with van der Waals surface area (Å²) in [5, 5.41) is 4.67. The van der Waals surface area contributed by atoms with Gasteiger partial charge in [0, 0.05) is 26.2 Å². The number of esters is 1. The lowest BCUT2D eigenvalue weighted by molar-refractivity contribution is 0.0602. The van der Waals surface area contributed by atoms with E-state index in [9.17, 15) is 13.2 Å². The van der Waals surface area contributed by atoms with Crippen molar-refractivity contribution >= 4 is 39.7 Å². The van der Waals surface area contributed by atoms with Crippen molar-refractivity contribution in [3.63, 3.8) is 0 Å². The molecule has 0 saturated carbocycles. The van der Waals surface area contributed by atoms with E-state index < -0.39 is 16.0 Å². The van der Waals surface area contributed by atoms with Crippen LogP contribution in [0.4, 0.5) is 0 Å². The van der Waals surface area contributed by atoms with Crippen LogP contribution in [0.5, 0.6) is 0 Å². The number of carbonyl (C=O) groups is 1. The van der Waals surface area contributed by atoms with Crippen LogP contribution >= 0.6 is 23.7 Å². The molecule has 19 heavy (non-hydrogen) atoms. The van der Waals surface area contributed by atoms with Gasteiger partial charge in [0.15, 0.2) is 0 Å². The molecule has 2 heterocycles. The molecule has 0 aliphatic carbocycles. The van der Waals surface area contributed by atoms with Crippen molar-refractivity contribution in [1.82, 2.24) is 9.62 Å². The Balaban J connectivity index is 0.00000180. The predicted molar refractivity (Wildman–Crippen MR) is 74.5 cm³/mol. The molecule has 1 aliphatic heterocycles. The highest BCUT2D eigenvalue weighted by molar-refractivity contribution is 7.89. The lowest BCUT2D eigenvalue weighted by atomic mass is 10.4. The first-order valence-corrected chi connectivity index (χ1v) is 7.76. The molecule has 1 aromatic rings. The van der Waals surface area contributed by atoms with Crippen LogP contribution in [0.15, 0.2) is 16.3 Å². The second-order valence-electron chi connectivity index (χ2n) is 3.76. The van der Waals surface area contributed by atoms with Gasteiger partial charge in [-0.1, -0.05) is 0 Å². The van der Waals surface area contributed by atoms with Crippen LogP contribution in [-0.4, -0.2) is 52.0 Å². The summed E-state index contributed by atoms with van der Waals surface area (Å²) >= 11 is 1.08. The zero-order chi connectivity index (χ0) is 13.2. The summed E-state index contributed by atoms with van der Waals surface area (Å²) < 4.78 is 30.8. The lowest BCUT2D eigenvalue weighted by Crippen LogP contribution is -2.46. The van der Waals surface area contributed by atoms with Crippen LogP contribution in [0.25, 0.3) is 0 Å². The second-order valence-corrected chi connectivity index (χ2v) is 6.58. The normalized spacial score (nSPS) is 16.7. The second kappa shape index (κ2) is 6.67. The van der Waals surface area contributed by atoms with Crippen molar-refractivity contribution in [2.75, 3.05) is 33.3 Å². The van der Waals surface area contributed by atoms with Gasteiger partial charge in [-0.25, -0.2) is 13.2 Å². The summed E-state index contributed by atoms with van der Waals surface area (Å²) in [6.45, 7) is 2.07. The topological polar surface area (TPSA) is 75.7 Å². The summed E-state index contributed by atoms with van der Waals surface area (Å²) in [6.07, 6.45) is 0. The minimum atomic E-state index is -3.60. The van der Waals surface area contributed by atoms with Crippen molar-refractivity contribution in [2.24, 2.45) is 0 Å². The molecular weight excluding hydrogens is 312 g/mol. The zero-order valence-electron chi connectivity index (χ0n) is 10.3. The summed E-state index contributed by atoms with van der Waals surface area (Å²) in [4.78, 5) is 11.7. The fraction of sp³-hybridized carbons (Fsp3) is 0.500. The van der Waals surface area contributed by atoms with Gasteiger partial charge in [0.1, 0.15) is 9.77 Å². The highest BCUT2D eigenvalue weighted by Gasteiger charge is 2.31. The van der Waals surface area contributed by atoms with Gasteiger partial charge in [0.2, 0.25) is 10.0 Å². The van der Waals surface area contributed by atoms with Crippen molar-refractivity contribution in [3.05, 3.63) is 16.3 Å². The smallest absolute Gasteiger partial charge is 0.349 e. The molecule has 0 radical (unpaired) electrons. The number of hydrogen-bond donors (Lipinski definition) is 1. The van der Waals surface area contributed by atoms with Gasteiger partial charge >= 0.3 is 5.97 Å². The van der Waals surface area contributed by atoms with Crippen molar-refractivity contribution in [3.8, 4) is 0 Å². The molecule has 6 nitrogen and oxygen atoms in total. The summed E-state index contributed by atoms with van der Waals surface area (Å²) in [6, 6.07) is 1.45. The van der Waals surface area contributed by atoms with E-state index in [4.69, 9.17) is 0 Å². The summed E-state index contributed by atoms with van der Waals surface area (Å²) in [5.74, 6) is -0.612. The first-order chi connectivity index (χ1) is 8.57. The number of halogens is 1. The summed E-state index contributed by atoms with van der Waals surface area (Å²) in [5.41, 5.74) is 0. The highest BCUT2D eigenvalue weighted by Crippen LogP contribution is 2.26. The van der Waals surface area contributed by atoms with E-state index in [0.717, 1.165) is 11.3 Å². The first kappa shape index (κ1) is 16.4. The van der Waals surface area contributed by atoms with Gasteiger partial charge in [0.25, 0.3) is 0 Å². The van der Waals surface area contributed by atoms with E-state index in [2.05, 4.69) is 10.1 Å². The molecule has 2 rings (SSSR count). The van der Waals surface area contributed by atoms with E-state index in [1.54, 1.807) is 5.38 Å². The number of methoxy groups -OCH3 is 1. The highest BCUT2D eigenvalue weighted by atomic mass is 35.5. The Morgan fingerprint density at radius 2 is 2.05 bits per heavy atom. The molecule has 0 bridgehead atoms. The number of piperazine rings is 1. The van der Waals surface area contributed by atoms with Crippen molar-refractivity contribution in [2.45, 2.75) is 4.90 Å². The largest absolute Gasteiger partial charge is 0.465 e. The number of rotatable bonds is 3. The number of hydrogen-bond acceptors (Lipinski definition) is 6. The Kier molecular flexibility index (Phi) is 5.75. The van der Waals surface area contributed by atoms with Gasteiger partial charge < -0.3 is 10.1 Å². The van der Waals surface area contributed by atoms with Crippen molar-refractivity contribution < 1.29 is 17.9 Å². The maximum atomic E-state index is 12.4. The number of sulfonamides is 1. The molecule has 0 unspecified atom stereocenters. The fourth-order valence-corrected chi connectivity index (χ4v) is 4.52. The Hall–Kier alpha value is -0.670. The number of carbonyl (C=O) groups excluding carboxylic acids is 1. The SMILES string of the molecule is COC(=O)c1sccc1S(=O)(=O)N1CCNCC1.Cl. The van der Waals surface area contributed by atoms with Crippen LogP contribution in [0.1, 0.15) is 9.67 Å². The molecule has 0 aromatic carbocycles. The van der Waals surface area contributed by atoms with Crippen LogP contribution < -0.4 is 5.32 Å². The third-order valence-electron chi connectivity index (χ3n) is 2.69. The Morgan fingerprint density at radius 3 is 2.63 bits per heavy atom. The average Bonchev–Trinajstić information content (AvgIpc) is 2.89. The molecule has 9 heteroatoms. The fourth-order valence-electron chi connectivity index (χ4n) is 1.77. The number of thiophene rings is 1. The standard InChI is InChI=1S/C10H14N2O4S2.ClH/c1-16-10(13)9-8(2-7-17-9)18(14,15)12-5-3-11-4-6-12;/h2,7,11H,3-6H2,1H3;1H. The molecule has 1 fully saturated rings. The van der Waals surface area contributed by atoms with Crippen LogP contribution in [0, 0.1) is 0 Å². The number of ether oxygens (including phenoxy) is 1. The first-order valence-electron chi connectivity index (χ1n) is 5.44. The van der Waals surface area contributed by atoms with Crippen LogP contribution in [0.3, 0.4) is 0 Å². The van der Waals surface area contributed by atoms with Gasteiger partial charge in [-0.3, -0.25) is 0 Å². The zero-order valence-corrected chi connectivity index (χ0v) is 12.7. The third kappa shape index (κ3) is 3.26. The molecule has 1 saturated heterocycles. The van der Waals surface area contributed by atoms with E-state index in [1.807, 2.05) is 0 Å². The molecule has 1 aromatic heterocycles. The Morgan fingerprint density at radius 1 is 1.42 bits per heavy atom. The summed E-state index contributed by atoms with van der Waals surface area (Å²) in [7, 11) is -2.36. The minimum absolute atomic E-state index is 0. The van der Waals surface area contributed by atoms with Crippen LogP contribution in [-0.2, 0) is 14.8 Å². The molecule has 0 atom stereocenters. The molecule has 108 valence electrons. The van der Waals surface area contributed by atoms with Gasteiger partial charge in [-0.15, -0.1) is 23.7 Å².